The van der Waals surface area contributed by atoms with Crippen LogP contribution in [0.5, 0.6) is 5.75 Å². The molecule has 1 atom stereocenters. The molecular formula is C26H29NO6. The smallest absolute Gasteiger partial charge is 0.410 e. The van der Waals surface area contributed by atoms with E-state index in [2.05, 4.69) is 0 Å². The van der Waals surface area contributed by atoms with Gasteiger partial charge in [0, 0.05) is 30.3 Å². The Bertz CT molecular complexity index is 1220. The van der Waals surface area contributed by atoms with Gasteiger partial charge in [-0.1, -0.05) is 6.07 Å². The van der Waals surface area contributed by atoms with Gasteiger partial charge in [0.1, 0.15) is 35.1 Å². The summed E-state index contributed by atoms with van der Waals surface area (Å²) in [6, 6.07) is 9.61. The van der Waals surface area contributed by atoms with Crippen molar-refractivity contribution in [2.75, 3.05) is 20.2 Å². The second-order valence-electron chi connectivity index (χ2n) is 9.54. The van der Waals surface area contributed by atoms with Crippen LogP contribution >= 0.6 is 0 Å². The average Bonchev–Trinajstić information content (AvgIpc) is 3.16. The lowest BCUT2D eigenvalue weighted by atomic mass is 9.81. The van der Waals surface area contributed by atoms with Gasteiger partial charge in [-0.2, -0.15) is 0 Å². The molecule has 0 spiro atoms. The molecule has 33 heavy (non-hydrogen) atoms. The number of likely N-dealkylation sites (N-methyl/N-ethyl adjacent to an activating group) is 1. The number of hydrogen-bond acceptors (Lipinski definition) is 6. The van der Waals surface area contributed by atoms with Crippen LogP contribution in [0.25, 0.3) is 21.7 Å². The predicted octanol–water partition coefficient (Wildman–Crippen LogP) is 5.24. The highest BCUT2D eigenvalue weighted by Gasteiger charge is 2.31. The van der Waals surface area contributed by atoms with E-state index < -0.39 is 11.7 Å². The third-order valence-electron chi connectivity index (χ3n) is 5.80. The van der Waals surface area contributed by atoms with Crippen LogP contribution in [0.2, 0.25) is 0 Å². The molecule has 0 aliphatic heterocycles. The second-order valence-corrected chi connectivity index (χ2v) is 9.54. The number of carbonyl (C=O) groups is 3. The molecule has 174 valence electrons. The van der Waals surface area contributed by atoms with Crippen LogP contribution in [-0.2, 0) is 14.3 Å². The molecule has 1 aliphatic rings. The van der Waals surface area contributed by atoms with Crippen molar-refractivity contribution in [3.8, 4) is 5.75 Å². The van der Waals surface area contributed by atoms with Crippen molar-refractivity contribution in [1.82, 2.24) is 4.90 Å². The van der Waals surface area contributed by atoms with Crippen molar-refractivity contribution in [3.63, 3.8) is 0 Å². The SMILES string of the molecule is CN(CCOc1ccc2c(ccc3occ(C4CCC(=O)CC4=O)c32)c1)C(=O)OC(C)(C)C. The molecule has 1 fully saturated rings. The lowest BCUT2D eigenvalue weighted by Gasteiger charge is -2.24. The highest BCUT2D eigenvalue weighted by molar-refractivity contribution is 6.11. The Hall–Kier alpha value is -3.35. The Morgan fingerprint density at radius 2 is 1.97 bits per heavy atom. The quantitative estimate of drug-likeness (QED) is 0.493. The van der Waals surface area contributed by atoms with Gasteiger partial charge < -0.3 is 18.8 Å². The second kappa shape index (κ2) is 8.89. The summed E-state index contributed by atoms with van der Waals surface area (Å²) in [5.41, 5.74) is 1.02. The van der Waals surface area contributed by atoms with Crippen LogP contribution in [0.4, 0.5) is 4.79 Å². The van der Waals surface area contributed by atoms with Crippen LogP contribution < -0.4 is 4.74 Å². The monoisotopic (exact) mass is 451 g/mol. The Labute approximate surface area is 192 Å². The fourth-order valence-corrected chi connectivity index (χ4v) is 4.15. The van der Waals surface area contributed by atoms with E-state index in [-0.39, 0.29) is 23.9 Å². The molecule has 3 aromatic rings. The lowest BCUT2D eigenvalue weighted by Crippen LogP contribution is -2.36. The first kappa shape index (κ1) is 22.8. The lowest BCUT2D eigenvalue weighted by molar-refractivity contribution is -0.130. The molecule has 7 nitrogen and oxygen atoms in total. The summed E-state index contributed by atoms with van der Waals surface area (Å²) < 4.78 is 17.0. The van der Waals surface area contributed by atoms with Crippen LogP contribution in [0.3, 0.4) is 0 Å². The summed E-state index contributed by atoms with van der Waals surface area (Å²) in [6.45, 7) is 6.20. The minimum absolute atomic E-state index is 0.00215. The normalized spacial score (nSPS) is 16.9. The number of carbonyl (C=O) groups excluding carboxylic acids is 3. The predicted molar refractivity (Wildman–Crippen MR) is 125 cm³/mol. The Kier molecular flexibility index (Phi) is 6.15. The number of benzene rings is 2. The van der Waals surface area contributed by atoms with E-state index in [1.807, 2.05) is 51.1 Å². The number of hydrogen-bond donors (Lipinski definition) is 0. The molecular weight excluding hydrogens is 422 g/mol. The van der Waals surface area contributed by atoms with Gasteiger partial charge in [-0.25, -0.2) is 4.79 Å². The molecule has 4 rings (SSSR count). The van der Waals surface area contributed by atoms with E-state index in [1.54, 1.807) is 13.3 Å². The van der Waals surface area contributed by atoms with E-state index in [0.29, 0.717) is 31.7 Å². The summed E-state index contributed by atoms with van der Waals surface area (Å²) in [4.78, 5) is 37.7. The number of furan rings is 1. The van der Waals surface area contributed by atoms with Gasteiger partial charge in [0.05, 0.1) is 19.2 Å². The maximum Gasteiger partial charge on any atom is 0.410 e. The standard InChI is InChI=1S/C26H29NO6/c1-26(2,3)33-25(30)27(4)11-12-31-18-7-9-19-16(13-18)5-10-23-24(19)21(15-32-23)20-8-6-17(28)14-22(20)29/h5,7,9-10,13,15,20H,6,8,11-12,14H2,1-4H3. The van der Waals surface area contributed by atoms with Crippen LogP contribution in [0.15, 0.2) is 41.0 Å². The molecule has 1 aliphatic carbocycles. The van der Waals surface area contributed by atoms with Gasteiger partial charge in [0.15, 0.2) is 0 Å². The van der Waals surface area contributed by atoms with Gasteiger partial charge in [0.25, 0.3) is 0 Å². The van der Waals surface area contributed by atoms with Crippen molar-refractivity contribution in [3.05, 3.63) is 42.2 Å². The van der Waals surface area contributed by atoms with E-state index in [0.717, 1.165) is 27.3 Å². The molecule has 0 N–H and O–H groups in total. The number of ether oxygens (including phenoxy) is 2. The number of fused-ring (bicyclic) bond motifs is 3. The van der Waals surface area contributed by atoms with Gasteiger partial charge >= 0.3 is 6.09 Å². The fraction of sp³-hybridized carbons (Fsp3) is 0.423. The summed E-state index contributed by atoms with van der Waals surface area (Å²) >= 11 is 0. The van der Waals surface area contributed by atoms with E-state index in [4.69, 9.17) is 13.9 Å². The number of nitrogens with zero attached hydrogens (tertiary/aromatic N) is 1. The molecule has 1 aromatic heterocycles. The molecule has 0 saturated heterocycles. The van der Waals surface area contributed by atoms with Crippen LogP contribution in [0, 0.1) is 0 Å². The topological polar surface area (TPSA) is 86.0 Å². The molecule has 1 saturated carbocycles. The minimum atomic E-state index is -0.542. The summed E-state index contributed by atoms with van der Waals surface area (Å²) in [5, 5.41) is 2.85. The Balaban J connectivity index is 1.50. The van der Waals surface area contributed by atoms with Gasteiger partial charge in [-0.15, -0.1) is 0 Å². The summed E-state index contributed by atoms with van der Waals surface area (Å²) in [5.74, 6) is 0.339. The zero-order valence-corrected chi connectivity index (χ0v) is 19.5. The zero-order valence-electron chi connectivity index (χ0n) is 19.5. The first-order valence-corrected chi connectivity index (χ1v) is 11.2. The third kappa shape index (κ3) is 5.02. The summed E-state index contributed by atoms with van der Waals surface area (Å²) in [7, 11) is 1.68. The fourth-order valence-electron chi connectivity index (χ4n) is 4.15. The van der Waals surface area contributed by atoms with E-state index in [9.17, 15) is 14.4 Å². The Morgan fingerprint density at radius 1 is 1.18 bits per heavy atom. The first-order valence-electron chi connectivity index (χ1n) is 11.2. The van der Waals surface area contributed by atoms with Gasteiger partial charge in [-0.3, -0.25) is 9.59 Å². The maximum atomic E-state index is 12.5. The van der Waals surface area contributed by atoms with E-state index >= 15 is 0 Å². The number of amides is 1. The van der Waals surface area contributed by atoms with Crippen molar-refractivity contribution < 1.29 is 28.3 Å². The highest BCUT2D eigenvalue weighted by Crippen LogP contribution is 2.38. The van der Waals surface area contributed by atoms with Gasteiger partial charge in [-0.05, 0) is 62.2 Å². The van der Waals surface area contributed by atoms with Crippen LogP contribution in [0.1, 0.15) is 51.5 Å². The minimum Gasteiger partial charge on any atom is -0.492 e. The molecule has 2 aromatic carbocycles. The van der Waals surface area contributed by atoms with Gasteiger partial charge in [0.2, 0.25) is 0 Å². The van der Waals surface area contributed by atoms with Crippen molar-refractivity contribution in [1.29, 1.82) is 0 Å². The van der Waals surface area contributed by atoms with Crippen molar-refractivity contribution >= 4 is 39.4 Å². The molecule has 7 heteroatoms. The number of rotatable bonds is 5. The first-order chi connectivity index (χ1) is 15.6. The molecule has 1 heterocycles. The third-order valence-corrected chi connectivity index (χ3v) is 5.80. The van der Waals surface area contributed by atoms with Crippen molar-refractivity contribution in [2.45, 2.75) is 51.6 Å². The molecule has 0 bridgehead atoms. The zero-order chi connectivity index (χ0) is 23.8. The largest absolute Gasteiger partial charge is 0.492 e. The van der Waals surface area contributed by atoms with E-state index in [1.165, 1.54) is 4.90 Å². The number of ketones is 2. The molecule has 1 amide bonds. The average molecular weight is 452 g/mol. The van der Waals surface area contributed by atoms with Crippen molar-refractivity contribution in [2.24, 2.45) is 0 Å². The molecule has 1 unspecified atom stereocenters. The highest BCUT2D eigenvalue weighted by atomic mass is 16.6. The Morgan fingerprint density at radius 3 is 2.70 bits per heavy atom. The summed E-state index contributed by atoms with van der Waals surface area (Å²) in [6.07, 6.45) is 2.20. The van der Waals surface area contributed by atoms with Crippen LogP contribution in [-0.4, -0.2) is 48.4 Å². The maximum absolute atomic E-state index is 12.5. The molecule has 0 radical (unpaired) electrons. The number of Topliss-reactive ketones (excluding diaryl/α,β-unsaturated/α-hetero) is 2.